The minimum Gasteiger partial charge on any atom is -0.545 e. The van der Waals surface area contributed by atoms with Gasteiger partial charge in [-0.2, -0.15) is 0 Å². The summed E-state index contributed by atoms with van der Waals surface area (Å²) in [5.74, 6) is -4.74. The number of unbranched alkanes of at least 4 members (excludes halogenated alkanes) is 11. The molecule has 11 heteroatoms. The number of aliphatic imine (C=N–C) groups is 2. The predicted octanol–water partition coefficient (Wildman–Crippen LogP) is 14.4. The summed E-state index contributed by atoms with van der Waals surface area (Å²) in [6, 6.07) is 16.0. The van der Waals surface area contributed by atoms with Crippen molar-refractivity contribution >= 4 is 34.7 Å². The van der Waals surface area contributed by atoms with Crippen LogP contribution in [0.25, 0.3) is 0 Å². The maximum Gasteiger partial charge on any atom is 2.00 e. The summed E-state index contributed by atoms with van der Waals surface area (Å²) < 4.78 is 0. The average molecular weight is 1080 g/mol. The summed E-state index contributed by atoms with van der Waals surface area (Å²) in [4.78, 5) is 32.9. The SMILES string of the molecule is CCCCCC(=Nc1ccc(C)c(C)c1)C(CCCC)=Nc1ccc(C)c(C)c1.CCCCCc1cc(O)c(O)c(C(=O)[O-])c1CCCCC.CCCCCc1cc(O)c(O)c(C(=O)[O-])c1CCCCC.[Pd+2]. The molecule has 0 amide bonds. The topological polar surface area (TPSA) is 186 Å². The number of nitrogens with zero attached hydrogens (tertiary/aromatic N) is 2. The number of carboxylic acid groups (broad SMARTS) is 2. The van der Waals surface area contributed by atoms with Gasteiger partial charge in [0.15, 0.2) is 23.0 Å². The number of carboxylic acids is 2. The largest absolute Gasteiger partial charge is 2.00 e. The van der Waals surface area contributed by atoms with Crippen molar-refractivity contribution in [2.45, 2.75) is 217 Å². The molecule has 0 aliphatic carbocycles. The Kier molecular flexibility index (Phi) is 32.5. The van der Waals surface area contributed by atoms with E-state index in [4.69, 9.17) is 9.98 Å². The van der Waals surface area contributed by atoms with Crippen LogP contribution in [0.1, 0.15) is 229 Å². The first-order valence-corrected chi connectivity index (χ1v) is 26.9. The second-order valence-electron chi connectivity index (χ2n) is 19.1. The molecule has 0 spiro atoms. The minimum atomic E-state index is -1.42. The third kappa shape index (κ3) is 22.0. The number of hydrogen-bond donors (Lipinski definition) is 4. The molecule has 4 aromatic carbocycles. The summed E-state index contributed by atoms with van der Waals surface area (Å²) in [6.45, 7) is 21.5. The summed E-state index contributed by atoms with van der Waals surface area (Å²) >= 11 is 0. The first-order valence-electron chi connectivity index (χ1n) is 26.9. The number of aryl methyl sites for hydroxylation is 6. The Morgan fingerprint density at radius 3 is 1.07 bits per heavy atom. The van der Waals surface area contributed by atoms with Crippen LogP contribution in [0.5, 0.6) is 23.0 Å². The van der Waals surface area contributed by atoms with Gasteiger partial charge in [-0.1, -0.05) is 124 Å². The normalized spacial score (nSPS) is 11.3. The van der Waals surface area contributed by atoms with Gasteiger partial charge in [0.05, 0.1) is 34.7 Å². The van der Waals surface area contributed by atoms with Crippen LogP contribution in [0.2, 0.25) is 0 Å². The Morgan fingerprint density at radius 2 is 0.750 bits per heavy atom. The second-order valence-corrected chi connectivity index (χ2v) is 19.1. The number of hydrogen-bond acceptors (Lipinski definition) is 10. The van der Waals surface area contributed by atoms with Crippen LogP contribution in [0.4, 0.5) is 11.4 Å². The van der Waals surface area contributed by atoms with Gasteiger partial charge in [-0.05, 0) is 186 Å². The number of benzene rings is 4. The smallest absolute Gasteiger partial charge is 0.545 e. The molecule has 0 saturated heterocycles. The van der Waals surface area contributed by atoms with Crippen LogP contribution < -0.4 is 10.2 Å². The van der Waals surface area contributed by atoms with E-state index >= 15 is 0 Å². The van der Waals surface area contributed by atoms with Gasteiger partial charge in [-0.15, -0.1) is 0 Å². The molecule has 0 fully saturated rings. The molecule has 4 aromatic rings. The minimum absolute atomic E-state index is 0. The maximum atomic E-state index is 11.3. The molecule has 0 aliphatic heterocycles. The molecule has 10 nitrogen and oxygen atoms in total. The van der Waals surface area contributed by atoms with E-state index < -0.39 is 23.4 Å². The van der Waals surface area contributed by atoms with E-state index in [2.05, 4.69) is 106 Å². The molecule has 4 rings (SSSR count). The van der Waals surface area contributed by atoms with Gasteiger partial charge in [0.25, 0.3) is 0 Å². The van der Waals surface area contributed by atoms with E-state index in [1.807, 2.05) is 0 Å². The summed E-state index contributed by atoms with van der Waals surface area (Å²) in [6.07, 6.45) is 22.4. The van der Waals surface area contributed by atoms with E-state index in [9.17, 15) is 40.2 Å². The number of rotatable bonds is 28. The molecule has 4 N–H and O–H groups in total. The van der Waals surface area contributed by atoms with Crippen molar-refractivity contribution in [1.29, 1.82) is 0 Å². The van der Waals surface area contributed by atoms with Crippen molar-refractivity contribution < 1.29 is 60.7 Å². The molecular formula is C61H88N2O8Pd. The Hall–Kier alpha value is -4.98. The van der Waals surface area contributed by atoms with E-state index in [0.717, 1.165) is 143 Å². The first-order chi connectivity index (χ1) is 34.0. The molecule has 0 aromatic heterocycles. The van der Waals surface area contributed by atoms with E-state index in [1.54, 1.807) is 0 Å². The van der Waals surface area contributed by atoms with Gasteiger partial charge in [-0.25, -0.2) is 0 Å². The Balaban J connectivity index is 0.000000548. The molecule has 0 bridgehead atoms. The zero-order chi connectivity index (χ0) is 52.9. The molecule has 0 aliphatic rings. The quantitative estimate of drug-likeness (QED) is 0.0187. The van der Waals surface area contributed by atoms with Crippen molar-refractivity contribution in [1.82, 2.24) is 0 Å². The fourth-order valence-corrected chi connectivity index (χ4v) is 8.51. The van der Waals surface area contributed by atoms with Gasteiger partial charge in [0.1, 0.15) is 0 Å². The number of aromatic carboxylic acids is 2. The first kappa shape index (κ1) is 65.0. The van der Waals surface area contributed by atoms with Crippen LogP contribution >= 0.6 is 0 Å². The van der Waals surface area contributed by atoms with Gasteiger partial charge in [0.2, 0.25) is 0 Å². The monoisotopic (exact) mass is 1080 g/mol. The predicted molar refractivity (Wildman–Crippen MR) is 291 cm³/mol. The van der Waals surface area contributed by atoms with Crippen LogP contribution in [0, 0.1) is 27.7 Å². The van der Waals surface area contributed by atoms with E-state index in [0.29, 0.717) is 36.8 Å². The van der Waals surface area contributed by atoms with Crippen molar-refractivity contribution in [3.63, 3.8) is 0 Å². The van der Waals surface area contributed by atoms with Crippen LogP contribution in [-0.2, 0) is 46.1 Å². The summed E-state index contributed by atoms with van der Waals surface area (Å²) in [7, 11) is 0. The molecule has 0 radical (unpaired) electrons. The number of carbonyl (C=O) groups excluding carboxylic acids is 2. The molecule has 0 unspecified atom stereocenters. The fourth-order valence-electron chi connectivity index (χ4n) is 8.51. The third-order valence-electron chi connectivity index (χ3n) is 13.2. The van der Waals surface area contributed by atoms with Gasteiger partial charge in [-0.3, -0.25) is 9.98 Å². The molecule has 0 saturated carbocycles. The molecule has 0 heterocycles. The van der Waals surface area contributed by atoms with Gasteiger partial charge in [0, 0.05) is 11.1 Å². The number of aromatic hydroxyl groups is 4. The van der Waals surface area contributed by atoms with Crippen molar-refractivity contribution in [3.05, 3.63) is 104 Å². The Labute approximate surface area is 447 Å². The van der Waals surface area contributed by atoms with Crippen molar-refractivity contribution in [2.75, 3.05) is 0 Å². The van der Waals surface area contributed by atoms with Crippen LogP contribution in [0.3, 0.4) is 0 Å². The average Bonchev–Trinajstić information content (AvgIpc) is 3.33. The summed E-state index contributed by atoms with van der Waals surface area (Å²) in [5, 5.41) is 61.8. The fraction of sp³-hybridized carbons (Fsp3) is 0.541. The molecule has 400 valence electrons. The second kappa shape index (κ2) is 36.0. The number of carbonyl (C=O) groups is 2. The van der Waals surface area contributed by atoms with Crippen molar-refractivity contribution in [3.8, 4) is 23.0 Å². The van der Waals surface area contributed by atoms with Gasteiger partial charge >= 0.3 is 20.4 Å². The molecule has 0 atom stereocenters. The number of phenols is 4. The van der Waals surface area contributed by atoms with Crippen molar-refractivity contribution in [2.24, 2.45) is 9.98 Å². The molecular weight excluding hydrogens is 995 g/mol. The van der Waals surface area contributed by atoms with Crippen LogP contribution in [0.15, 0.2) is 58.5 Å². The summed E-state index contributed by atoms with van der Waals surface area (Å²) in [5.41, 5.74) is 12.0. The zero-order valence-electron chi connectivity index (χ0n) is 45.5. The van der Waals surface area contributed by atoms with Gasteiger partial charge < -0.3 is 40.2 Å². The Morgan fingerprint density at radius 1 is 0.431 bits per heavy atom. The number of phenolic OH excluding ortho intramolecular Hbond substituents is 2. The van der Waals surface area contributed by atoms with Crippen LogP contribution in [-0.4, -0.2) is 43.8 Å². The zero-order valence-corrected chi connectivity index (χ0v) is 47.1. The third-order valence-corrected chi connectivity index (χ3v) is 13.2. The van der Waals surface area contributed by atoms with E-state index in [-0.39, 0.29) is 43.0 Å². The van der Waals surface area contributed by atoms with E-state index in [1.165, 1.54) is 47.2 Å². The molecule has 72 heavy (non-hydrogen) atoms. The standard InChI is InChI=1S/C27H38N2.2C17H26O4.Pd/c1-7-9-11-13-27(29-25-17-15-21(4)23(6)19-25)26(12-10-8-2)28-24-16-14-20(3)22(5)18-24;2*1-3-5-7-9-12-11-14(18)16(19)15(17(20)21)13(12)10-8-6-4-2;/h14-19H,7-13H2,1-6H3;2*11,18-19H,3-10H2,1-2H3,(H,20,21);/q;;;+2/p-2. The Bertz CT molecular complexity index is 2250. The maximum absolute atomic E-state index is 11.3.